The van der Waals surface area contributed by atoms with Crippen LogP contribution in [0.25, 0.3) is 11.3 Å². The molecular weight excluding hydrogens is 442 g/mol. The summed E-state index contributed by atoms with van der Waals surface area (Å²) in [5.74, 6) is 1.21. The first-order valence-corrected chi connectivity index (χ1v) is 12.8. The molecule has 0 aliphatic carbocycles. The summed E-state index contributed by atoms with van der Waals surface area (Å²) in [6.07, 6.45) is 11.3. The van der Waals surface area contributed by atoms with E-state index in [4.69, 9.17) is 14.8 Å². The van der Waals surface area contributed by atoms with Crippen LogP contribution in [-0.2, 0) is 36.0 Å². The highest BCUT2D eigenvalue weighted by Crippen LogP contribution is 2.40. The third-order valence-electron chi connectivity index (χ3n) is 7.60. The standard InChI is InChI=1S/C26H33N7O2/c1-3-25(34)31-10-6-23-21(17-31)26(29-33(23)20-7-11-35-12-8-20)32-9-4-5-18-13-22(27-15-24(18)32)19-14-28-30(2)16-19/h13-16,20H,3-12,17H2,1-2H3. The number of aromatic nitrogens is 5. The summed E-state index contributed by atoms with van der Waals surface area (Å²) in [5.41, 5.74) is 6.89. The van der Waals surface area contributed by atoms with E-state index in [2.05, 4.69) is 20.7 Å². The molecule has 0 N–H and O–H groups in total. The van der Waals surface area contributed by atoms with Crippen LogP contribution < -0.4 is 4.90 Å². The van der Waals surface area contributed by atoms with Crippen molar-refractivity contribution in [3.8, 4) is 11.3 Å². The Morgan fingerprint density at radius 1 is 1.17 bits per heavy atom. The zero-order valence-electron chi connectivity index (χ0n) is 20.6. The van der Waals surface area contributed by atoms with Crippen molar-refractivity contribution in [2.45, 2.75) is 58.0 Å². The van der Waals surface area contributed by atoms with E-state index in [-0.39, 0.29) is 5.91 Å². The molecule has 6 heterocycles. The van der Waals surface area contributed by atoms with E-state index in [0.29, 0.717) is 19.0 Å². The quantitative estimate of drug-likeness (QED) is 0.575. The molecule has 1 amide bonds. The summed E-state index contributed by atoms with van der Waals surface area (Å²) < 4.78 is 9.71. The van der Waals surface area contributed by atoms with Crippen molar-refractivity contribution in [1.82, 2.24) is 29.4 Å². The Morgan fingerprint density at radius 2 is 2.03 bits per heavy atom. The molecule has 9 nitrogen and oxygen atoms in total. The summed E-state index contributed by atoms with van der Waals surface area (Å²) in [5, 5.41) is 9.55. The van der Waals surface area contributed by atoms with Crippen molar-refractivity contribution in [3.05, 3.63) is 41.5 Å². The Bertz CT molecular complexity index is 1240. The molecular formula is C26H33N7O2. The molecule has 3 aliphatic rings. The highest BCUT2D eigenvalue weighted by Gasteiger charge is 2.33. The van der Waals surface area contributed by atoms with Crippen LogP contribution in [0.3, 0.4) is 0 Å². The lowest BCUT2D eigenvalue weighted by Crippen LogP contribution is -2.37. The van der Waals surface area contributed by atoms with Gasteiger partial charge in [0.1, 0.15) is 0 Å². The van der Waals surface area contributed by atoms with E-state index >= 15 is 0 Å². The van der Waals surface area contributed by atoms with E-state index in [0.717, 1.165) is 81.2 Å². The van der Waals surface area contributed by atoms with E-state index < -0.39 is 0 Å². The third kappa shape index (κ3) is 4.01. The number of rotatable bonds is 4. The lowest BCUT2D eigenvalue weighted by atomic mass is 9.99. The fraction of sp³-hybridized carbons (Fsp3) is 0.538. The molecule has 0 radical (unpaired) electrons. The second-order valence-electron chi connectivity index (χ2n) is 9.81. The average molecular weight is 476 g/mol. The fourth-order valence-corrected chi connectivity index (χ4v) is 5.73. The largest absolute Gasteiger partial charge is 0.381 e. The summed E-state index contributed by atoms with van der Waals surface area (Å²) >= 11 is 0. The number of hydrogen-bond donors (Lipinski definition) is 0. The number of amides is 1. The van der Waals surface area contributed by atoms with Gasteiger partial charge in [0, 0.05) is 69.2 Å². The first-order chi connectivity index (χ1) is 17.1. The molecule has 0 atom stereocenters. The molecule has 0 spiro atoms. The van der Waals surface area contributed by atoms with Crippen LogP contribution in [0.5, 0.6) is 0 Å². The maximum absolute atomic E-state index is 12.6. The van der Waals surface area contributed by atoms with Gasteiger partial charge in [-0.25, -0.2) is 0 Å². The second kappa shape index (κ2) is 9.11. The number of aryl methyl sites for hydroxylation is 2. The smallest absolute Gasteiger partial charge is 0.222 e. The Labute approximate surface area is 205 Å². The van der Waals surface area contributed by atoms with Crippen molar-refractivity contribution in [2.24, 2.45) is 7.05 Å². The molecule has 0 aromatic carbocycles. The molecule has 9 heteroatoms. The van der Waals surface area contributed by atoms with E-state index in [1.54, 1.807) is 4.68 Å². The fourth-order valence-electron chi connectivity index (χ4n) is 5.73. The van der Waals surface area contributed by atoms with E-state index in [9.17, 15) is 4.79 Å². The minimum Gasteiger partial charge on any atom is -0.381 e. The van der Waals surface area contributed by atoms with Gasteiger partial charge >= 0.3 is 0 Å². The van der Waals surface area contributed by atoms with Crippen LogP contribution in [0.1, 0.15) is 55.5 Å². The molecule has 35 heavy (non-hydrogen) atoms. The van der Waals surface area contributed by atoms with Crippen molar-refractivity contribution >= 4 is 17.4 Å². The van der Waals surface area contributed by atoms with E-state index in [1.807, 2.05) is 37.5 Å². The molecule has 3 aromatic rings. The topological polar surface area (TPSA) is 81.3 Å². The Morgan fingerprint density at radius 3 is 2.80 bits per heavy atom. The minimum atomic E-state index is 0.210. The number of ether oxygens (including phenoxy) is 1. The van der Waals surface area contributed by atoms with Crippen LogP contribution in [-0.4, -0.2) is 61.7 Å². The number of hydrogen-bond acceptors (Lipinski definition) is 6. The van der Waals surface area contributed by atoms with Gasteiger partial charge in [0.05, 0.1) is 36.4 Å². The number of nitrogens with zero attached hydrogens (tertiary/aromatic N) is 7. The summed E-state index contributed by atoms with van der Waals surface area (Å²) in [4.78, 5) is 21.7. The van der Waals surface area contributed by atoms with E-state index in [1.165, 1.54) is 16.8 Å². The van der Waals surface area contributed by atoms with Gasteiger partial charge in [-0.2, -0.15) is 10.2 Å². The Balaban J connectivity index is 1.40. The Hall–Kier alpha value is -3.20. The van der Waals surface area contributed by atoms with Crippen molar-refractivity contribution < 1.29 is 9.53 Å². The Kier molecular flexibility index (Phi) is 5.80. The molecule has 184 valence electrons. The average Bonchev–Trinajstić information content (AvgIpc) is 3.51. The summed E-state index contributed by atoms with van der Waals surface area (Å²) in [7, 11) is 1.92. The van der Waals surface area contributed by atoms with Crippen molar-refractivity contribution in [2.75, 3.05) is 31.2 Å². The molecule has 1 fully saturated rings. The van der Waals surface area contributed by atoms with Gasteiger partial charge in [-0.1, -0.05) is 6.92 Å². The molecule has 0 saturated carbocycles. The zero-order valence-corrected chi connectivity index (χ0v) is 20.6. The third-order valence-corrected chi connectivity index (χ3v) is 7.60. The van der Waals surface area contributed by atoms with Crippen LogP contribution in [0.4, 0.5) is 11.5 Å². The molecule has 3 aliphatic heterocycles. The van der Waals surface area contributed by atoms with Gasteiger partial charge in [0.2, 0.25) is 5.91 Å². The SMILES string of the molecule is CCC(=O)N1CCc2c(c(N3CCCc4cc(-c5cnn(C)c5)ncc43)nn2C2CCOCC2)C1. The lowest BCUT2D eigenvalue weighted by molar-refractivity contribution is -0.131. The predicted molar refractivity (Wildman–Crippen MR) is 132 cm³/mol. The molecule has 3 aromatic heterocycles. The number of carbonyl (C=O) groups is 1. The number of fused-ring (bicyclic) bond motifs is 2. The first kappa shape index (κ1) is 22.3. The number of pyridine rings is 1. The highest BCUT2D eigenvalue weighted by molar-refractivity contribution is 5.77. The zero-order chi connectivity index (χ0) is 23.9. The minimum absolute atomic E-state index is 0.210. The van der Waals surface area contributed by atoms with Crippen LogP contribution in [0.15, 0.2) is 24.7 Å². The van der Waals surface area contributed by atoms with Crippen molar-refractivity contribution in [1.29, 1.82) is 0 Å². The molecule has 0 unspecified atom stereocenters. The maximum Gasteiger partial charge on any atom is 0.222 e. The van der Waals surface area contributed by atoms with Gasteiger partial charge in [0.25, 0.3) is 0 Å². The maximum atomic E-state index is 12.6. The summed E-state index contributed by atoms with van der Waals surface area (Å²) in [6, 6.07) is 2.56. The summed E-state index contributed by atoms with van der Waals surface area (Å²) in [6.45, 7) is 5.80. The van der Waals surface area contributed by atoms with Crippen LogP contribution >= 0.6 is 0 Å². The lowest BCUT2D eigenvalue weighted by Gasteiger charge is -2.32. The normalized spacial score (nSPS) is 18.5. The van der Waals surface area contributed by atoms with Gasteiger partial charge in [0.15, 0.2) is 5.82 Å². The van der Waals surface area contributed by atoms with Crippen LogP contribution in [0.2, 0.25) is 0 Å². The molecule has 0 bridgehead atoms. The number of carbonyl (C=O) groups excluding carboxylic acids is 1. The second-order valence-corrected chi connectivity index (χ2v) is 9.81. The molecule has 6 rings (SSSR count). The highest BCUT2D eigenvalue weighted by atomic mass is 16.5. The van der Waals surface area contributed by atoms with Crippen molar-refractivity contribution in [3.63, 3.8) is 0 Å². The predicted octanol–water partition coefficient (Wildman–Crippen LogP) is 3.41. The van der Waals surface area contributed by atoms with Gasteiger partial charge in [-0.3, -0.25) is 19.1 Å². The van der Waals surface area contributed by atoms with Gasteiger partial charge in [-0.05, 0) is 37.3 Å². The van der Waals surface area contributed by atoms with Gasteiger partial charge in [-0.15, -0.1) is 0 Å². The first-order valence-electron chi connectivity index (χ1n) is 12.8. The number of anilines is 2. The van der Waals surface area contributed by atoms with Crippen LogP contribution in [0, 0.1) is 0 Å². The monoisotopic (exact) mass is 475 g/mol. The van der Waals surface area contributed by atoms with Gasteiger partial charge < -0.3 is 14.5 Å². The molecule has 1 saturated heterocycles.